The van der Waals surface area contributed by atoms with E-state index in [9.17, 15) is 28.3 Å². The predicted octanol–water partition coefficient (Wildman–Crippen LogP) is 14.0. The number of unbranched alkanes of at least 4 members (excludes halogenated alkanes) is 9. The first kappa shape index (κ1) is 74.6. The van der Waals surface area contributed by atoms with Crippen LogP contribution in [0.4, 0.5) is 0 Å². The van der Waals surface area contributed by atoms with Crippen molar-refractivity contribution in [2.24, 2.45) is 0 Å². The van der Waals surface area contributed by atoms with E-state index in [1.54, 1.807) is 24.8 Å². The highest BCUT2D eigenvalue weighted by atomic mass is 31.2. The fourth-order valence-corrected chi connectivity index (χ4v) is 13.1. The quantitative estimate of drug-likeness (QED) is 0.0157. The lowest BCUT2D eigenvalue weighted by molar-refractivity contribution is -0.122. The summed E-state index contributed by atoms with van der Waals surface area (Å²) in [5, 5.41) is 19.6. The molecule has 0 aliphatic rings. The number of phosphoric ester groups is 2. The van der Waals surface area contributed by atoms with Gasteiger partial charge in [0.05, 0.1) is 62.4 Å². The molecule has 0 saturated heterocycles. The van der Waals surface area contributed by atoms with Crippen molar-refractivity contribution in [2.75, 3.05) is 59.3 Å². The van der Waals surface area contributed by atoms with Crippen LogP contribution in [-0.4, -0.2) is 102 Å². The van der Waals surface area contributed by atoms with Gasteiger partial charge in [0, 0.05) is 98.3 Å². The number of aryl methyl sites for hydroxylation is 7. The SMILES string of the molecule is Cc1ccnc(-c2cc(CCCCNC(=O)CCCOP(=O)(OCCCCCCO)OCCCCCCCOP(=O)(OCCCC(=O)NCCCCc3ccnc(-c4cc(C)ccn4)c3)OCCCC(=O)NCc3c(C)oc4c(C)c5oc(=O)cc(C)c5cc34)ccn2)c1. The Morgan fingerprint density at radius 3 is 1.32 bits per heavy atom. The van der Waals surface area contributed by atoms with Crippen molar-refractivity contribution in [3.63, 3.8) is 0 Å². The fourth-order valence-electron chi connectivity index (χ4n) is 10.6. The molecule has 3 amide bonds. The van der Waals surface area contributed by atoms with Gasteiger partial charge < -0.3 is 29.9 Å². The largest absolute Gasteiger partial charge is 0.474 e. The van der Waals surface area contributed by atoms with Gasteiger partial charge in [-0.1, -0.05) is 32.1 Å². The minimum absolute atomic E-state index is 0.00876. The van der Waals surface area contributed by atoms with Gasteiger partial charge in [-0.15, -0.1) is 0 Å². The zero-order valence-corrected chi connectivity index (χ0v) is 57.1. The van der Waals surface area contributed by atoms with Crippen LogP contribution in [0.15, 0.2) is 99.1 Å². The van der Waals surface area contributed by atoms with Gasteiger partial charge in [0.15, 0.2) is 0 Å². The van der Waals surface area contributed by atoms with E-state index in [1.807, 2.05) is 83.1 Å². The standard InChI is InChI=1S/C70H95N7O15P2/c1-51-27-33-71-61(44-51)63-47-56(29-35-73-63)22-11-13-31-75-65(79)24-19-41-88-93(83,86-40-18-10-7-15-37-78)85-38-16-8-6-9-17-39-87-94(84,89-42-20-25-66(80)76-32-14-12-23-57-30-36-74-64(48-57)62-45-52(2)28-34-72-62)90-43-21-26-67(81)77-50-60-55(5)91-70-54(4)69-58(49-59(60)70)53(3)46-68(82)92-69/h27-30,33-36,44-49,78H,6-26,31-32,37-43,50H2,1-5H3,(H,75,79)(H,76,80)(H,77,81). The molecule has 0 spiro atoms. The summed E-state index contributed by atoms with van der Waals surface area (Å²) in [4.78, 5) is 68.7. The van der Waals surface area contributed by atoms with Crippen LogP contribution >= 0.6 is 15.6 Å². The van der Waals surface area contributed by atoms with Crippen LogP contribution in [0.1, 0.15) is 167 Å². The average molecular weight is 1340 g/mol. The maximum atomic E-state index is 14.1. The molecule has 0 aliphatic carbocycles. The van der Waals surface area contributed by atoms with Crippen molar-refractivity contribution in [1.29, 1.82) is 0 Å². The Bertz CT molecular complexity index is 3690. The number of benzene rings is 1. The van der Waals surface area contributed by atoms with Crippen LogP contribution in [-0.2, 0) is 70.0 Å². The molecule has 94 heavy (non-hydrogen) atoms. The molecule has 510 valence electrons. The molecule has 7 aromatic rings. The van der Waals surface area contributed by atoms with Crippen molar-refractivity contribution in [2.45, 2.75) is 176 Å². The van der Waals surface area contributed by atoms with Gasteiger partial charge >= 0.3 is 21.3 Å². The first-order chi connectivity index (χ1) is 45.5. The Hall–Kier alpha value is -6.84. The second-order valence-corrected chi connectivity index (χ2v) is 27.0. The number of hydrogen-bond acceptors (Lipinski definition) is 19. The number of aromatic nitrogens is 4. The van der Waals surface area contributed by atoms with Gasteiger partial charge in [-0.05, 0) is 201 Å². The average Bonchev–Trinajstić information content (AvgIpc) is 1.55. The maximum absolute atomic E-state index is 14.1. The number of nitrogens with zero attached hydrogens (tertiary/aromatic N) is 4. The van der Waals surface area contributed by atoms with E-state index in [4.69, 9.17) is 41.1 Å². The summed E-state index contributed by atoms with van der Waals surface area (Å²) in [5.41, 5.74) is 10.7. The van der Waals surface area contributed by atoms with E-state index in [2.05, 4.69) is 42.0 Å². The third kappa shape index (κ3) is 25.7. The van der Waals surface area contributed by atoms with Gasteiger partial charge in [-0.3, -0.25) is 61.5 Å². The highest BCUT2D eigenvalue weighted by Crippen LogP contribution is 2.51. The van der Waals surface area contributed by atoms with E-state index in [0.29, 0.717) is 74.1 Å². The van der Waals surface area contributed by atoms with Crippen LogP contribution in [0.2, 0.25) is 0 Å². The molecular formula is C70H95N7O15P2. The first-order valence-electron chi connectivity index (χ1n) is 33.2. The monoisotopic (exact) mass is 1340 g/mol. The maximum Gasteiger partial charge on any atom is 0.474 e. The van der Waals surface area contributed by atoms with Crippen LogP contribution in [0, 0.1) is 34.6 Å². The zero-order valence-electron chi connectivity index (χ0n) is 55.3. The third-order valence-corrected chi connectivity index (χ3v) is 18.8. The number of phosphoric acid groups is 2. The molecule has 4 N–H and O–H groups in total. The van der Waals surface area contributed by atoms with Crippen molar-refractivity contribution >= 4 is 55.3 Å². The number of rotatable bonds is 46. The molecule has 24 heteroatoms. The summed E-state index contributed by atoms with van der Waals surface area (Å²) in [5.74, 6) is 0.0845. The lowest BCUT2D eigenvalue weighted by Crippen LogP contribution is -2.24. The van der Waals surface area contributed by atoms with Gasteiger partial charge in [0.2, 0.25) is 17.7 Å². The molecular weight excluding hydrogens is 1240 g/mol. The fraction of sp³-hybridized carbons (Fsp3) is 0.514. The van der Waals surface area contributed by atoms with Crippen molar-refractivity contribution in [3.8, 4) is 22.8 Å². The molecule has 1 aromatic carbocycles. The lowest BCUT2D eigenvalue weighted by atomic mass is 10.0. The topological polar surface area (TPSA) is 292 Å². The van der Waals surface area contributed by atoms with E-state index >= 15 is 0 Å². The number of aliphatic hydroxyl groups is 1. The van der Waals surface area contributed by atoms with Crippen LogP contribution in [0.5, 0.6) is 0 Å². The van der Waals surface area contributed by atoms with E-state index in [0.717, 1.165) is 131 Å². The summed E-state index contributed by atoms with van der Waals surface area (Å²) in [6.45, 7) is 11.1. The number of furan rings is 1. The summed E-state index contributed by atoms with van der Waals surface area (Å²) >= 11 is 0. The van der Waals surface area contributed by atoms with Crippen molar-refractivity contribution < 1.29 is 64.6 Å². The summed E-state index contributed by atoms with van der Waals surface area (Å²) in [6, 6.07) is 19.4. The summed E-state index contributed by atoms with van der Waals surface area (Å²) in [7, 11) is -8.05. The minimum Gasteiger partial charge on any atom is -0.461 e. The number of carbonyl (C=O) groups is 3. The third-order valence-electron chi connectivity index (χ3n) is 15.8. The van der Waals surface area contributed by atoms with Crippen molar-refractivity contribution in [1.82, 2.24) is 35.9 Å². The smallest absolute Gasteiger partial charge is 0.461 e. The molecule has 0 fully saturated rings. The molecule has 0 bridgehead atoms. The highest BCUT2D eigenvalue weighted by Gasteiger charge is 2.28. The Labute approximate surface area is 552 Å². The molecule has 2 atom stereocenters. The minimum atomic E-state index is -4.12. The Morgan fingerprint density at radius 2 is 0.862 bits per heavy atom. The first-order valence-corrected chi connectivity index (χ1v) is 36.1. The number of carbonyl (C=O) groups excluding carboxylic acids is 3. The highest BCUT2D eigenvalue weighted by molar-refractivity contribution is 7.48. The molecule has 6 heterocycles. The number of pyridine rings is 4. The Balaban J connectivity index is 0.805. The summed E-state index contributed by atoms with van der Waals surface area (Å²) < 4.78 is 73.9. The zero-order chi connectivity index (χ0) is 67.0. The van der Waals surface area contributed by atoms with E-state index in [-0.39, 0.29) is 103 Å². The normalized spacial score (nSPS) is 12.9. The van der Waals surface area contributed by atoms with Gasteiger partial charge in [0.1, 0.15) is 16.9 Å². The van der Waals surface area contributed by atoms with Crippen LogP contribution < -0.4 is 21.6 Å². The summed E-state index contributed by atoms with van der Waals surface area (Å²) in [6.07, 6.45) is 19.5. The number of hydrogen-bond donors (Lipinski definition) is 4. The molecule has 6 aromatic heterocycles. The van der Waals surface area contributed by atoms with E-state index in [1.165, 1.54) is 6.07 Å². The predicted molar refractivity (Wildman–Crippen MR) is 362 cm³/mol. The molecule has 0 aliphatic heterocycles. The van der Waals surface area contributed by atoms with E-state index < -0.39 is 21.3 Å². The number of aliphatic hydroxyl groups excluding tert-OH is 1. The lowest BCUT2D eigenvalue weighted by Gasteiger charge is -2.18. The second-order valence-electron chi connectivity index (χ2n) is 23.7. The number of fused-ring (bicyclic) bond motifs is 2. The molecule has 0 saturated carbocycles. The number of amides is 3. The second kappa shape index (κ2) is 39.9. The Morgan fingerprint density at radius 1 is 0.457 bits per heavy atom. The molecule has 0 radical (unpaired) electrons. The molecule has 22 nitrogen and oxygen atoms in total. The van der Waals surface area contributed by atoms with Gasteiger partial charge in [0.25, 0.3) is 0 Å². The van der Waals surface area contributed by atoms with Crippen molar-refractivity contribution in [3.05, 3.63) is 141 Å². The van der Waals surface area contributed by atoms with Gasteiger partial charge in [-0.2, -0.15) is 0 Å². The molecule has 7 rings (SSSR count). The van der Waals surface area contributed by atoms with Crippen LogP contribution in [0.25, 0.3) is 44.7 Å². The molecule has 2 unspecified atom stereocenters. The Kier molecular flexibility index (Phi) is 31.6. The van der Waals surface area contributed by atoms with Crippen LogP contribution in [0.3, 0.4) is 0 Å². The number of nitrogens with one attached hydrogen (secondary N) is 3. The van der Waals surface area contributed by atoms with Gasteiger partial charge in [-0.25, -0.2) is 13.9 Å².